The number of benzene rings is 1. The molecule has 8 heteroatoms. The van der Waals surface area contributed by atoms with Crippen LogP contribution < -0.4 is 16.0 Å². The summed E-state index contributed by atoms with van der Waals surface area (Å²) in [7, 11) is -4.50. The molecule has 0 saturated heterocycles. The molecule has 1 aromatic rings. The summed E-state index contributed by atoms with van der Waals surface area (Å²) in [6.45, 7) is 0.251. The van der Waals surface area contributed by atoms with Gasteiger partial charge in [-0.1, -0.05) is 12.1 Å². The number of hydrogen-bond donors (Lipinski definition) is 3. The largest absolute Gasteiger partial charge is 0.323 e. The highest BCUT2D eigenvalue weighted by Gasteiger charge is 2.16. The van der Waals surface area contributed by atoms with Gasteiger partial charge in [-0.25, -0.2) is 13.1 Å². The Hall–Kier alpha value is -0.960. The molecule has 0 aliphatic heterocycles. The predicted octanol–water partition coefficient (Wildman–Crippen LogP) is 0.0191. The van der Waals surface area contributed by atoms with E-state index in [2.05, 4.69) is 10.1 Å². The van der Waals surface area contributed by atoms with Gasteiger partial charge < -0.3 is 5.43 Å². The van der Waals surface area contributed by atoms with Crippen LogP contribution in [-0.2, 0) is 20.8 Å². The van der Waals surface area contributed by atoms with Crippen molar-refractivity contribution in [2.75, 3.05) is 24.0 Å². The summed E-state index contributed by atoms with van der Waals surface area (Å²) in [5, 5.41) is 0. The minimum Gasteiger partial charge on any atom is -0.323 e. The number of sulfonamides is 1. The molecule has 1 aromatic carbocycles. The van der Waals surface area contributed by atoms with Crippen molar-refractivity contribution in [1.82, 2.24) is 4.72 Å². The zero-order valence-electron chi connectivity index (χ0n) is 10.0. The highest BCUT2D eigenvalue weighted by atomic mass is 32.2. The van der Waals surface area contributed by atoms with Crippen LogP contribution >= 0.6 is 0 Å². The van der Waals surface area contributed by atoms with Crippen LogP contribution in [0.1, 0.15) is 6.42 Å². The van der Waals surface area contributed by atoms with Crippen molar-refractivity contribution in [2.45, 2.75) is 11.3 Å². The van der Waals surface area contributed by atoms with Crippen LogP contribution in [0.15, 0.2) is 29.2 Å². The monoisotopic (exact) mass is 291 g/mol. The molecular weight excluding hydrogens is 274 g/mol. The molecule has 0 aliphatic rings. The summed E-state index contributed by atoms with van der Waals surface area (Å²) in [6, 6.07) is 6.36. The topological polar surface area (TPSA) is 101 Å². The molecule has 0 aliphatic carbocycles. The van der Waals surface area contributed by atoms with Crippen molar-refractivity contribution in [3.63, 3.8) is 0 Å². The van der Waals surface area contributed by atoms with Gasteiger partial charge in [0.25, 0.3) is 0 Å². The minimum atomic E-state index is -3.59. The van der Waals surface area contributed by atoms with E-state index in [9.17, 15) is 12.6 Å². The average Bonchev–Trinajstić information content (AvgIpc) is 2.34. The second-order valence-corrected chi connectivity index (χ2v) is 6.96. The van der Waals surface area contributed by atoms with Crippen LogP contribution in [0.2, 0.25) is 0 Å². The van der Waals surface area contributed by atoms with Gasteiger partial charge in [0.15, 0.2) is 0 Å². The molecule has 6 nitrogen and oxygen atoms in total. The van der Waals surface area contributed by atoms with Gasteiger partial charge in [0, 0.05) is 29.4 Å². The molecule has 0 fully saturated rings. The first-order valence-electron chi connectivity index (χ1n) is 5.32. The maximum absolute atomic E-state index is 12.0. The highest BCUT2D eigenvalue weighted by Crippen LogP contribution is 2.19. The molecule has 0 saturated carbocycles. The van der Waals surface area contributed by atoms with Crippen LogP contribution in [0, 0.1) is 0 Å². The predicted molar refractivity (Wildman–Crippen MR) is 73.0 cm³/mol. The summed E-state index contributed by atoms with van der Waals surface area (Å²) >= 11 is 0. The van der Waals surface area contributed by atoms with E-state index < -0.39 is 20.8 Å². The van der Waals surface area contributed by atoms with E-state index in [1.165, 1.54) is 6.07 Å². The van der Waals surface area contributed by atoms with Gasteiger partial charge in [-0.05, 0) is 18.6 Å². The Morgan fingerprint density at radius 1 is 1.33 bits per heavy atom. The zero-order valence-corrected chi connectivity index (χ0v) is 11.7. The van der Waals surface area contributed by atoms with Crippen molar-refractivity contribution in [3.05, 3.63) is 24.3 Å². The number of rotatable bonds is 7. The average molecular weight is 291 g/mol. The van der Waals surface area contributed by atoms with Gasteiger partial charge >= 0.3 is 0 Å². The molecular formula is C10H17N3O3S2. The lowest BCUT2D eigenvalue weighted by Gasteiger charge is -2.10. The second kappa shape index (κ2) is 6.83. The quantitative estimate of drug-likeness (QED) is 0.373. The molecule has 1 rings (SSSR count). The number of nitrogen functional groups attached to an aromatic ring is 1. The normalized spacial score (nSPS) is 13.2. The summed E-state index contributed by atoms with van der Waals surface area (Å²) < 4.78 is 37.2. The maximum Gasteiger partial charge on any atom is 0.242 e. The highest BCUT2D eigenvalue weighted by molar-refractivity contribution is 7.89. The maximum atomic E-state index is 12.0. The SMILES string of the molecule is CS(=O)CCCNS(=O)(=O)c1ccccc1NN. The number of anilines is 1. The molecule has 0 amide bonds. The molecule has 1 atom stereocenters. The van der Waals surface area contributed by atoms with Crippen LogP contribution in [-0.4, -0.2) is 31.2 Å². The molecule has 1 unspecified atom stereocenters. The molecule has 4 N–H and O–H groups in total. The molecule has 0 heterocycles. The first-order chi connectivity index (χ1) is 8.47. The van der Waals surface area contributed by atoms with Gasteiger partial charge in [0.1, 0.15) is 4.90 Å². The Morgan fingerprint density at radius 2 is 2.00 bits per heavy atom. The van der Waals surface area contributed by atoms with E-state index in [1.807, 2.05) is 0 Å². The number of nitrogens with one attached hydrogen (secondary N) is 2. The number of nitrogens with two attached hydrogens (primary N) is 1. The van der Waals surface area contributed by atoms with Gasteiger partial charge in [-0.2, -0.15) is 0 Å². The summed E-state index contributed by atoms with van der Waals surface area (Å²) in [6.07, 6.45) is 2.11. The number of para-hydroxylation sites is 1. The van der Waals surface area contributed by atoms with Gasteiger partial charge in [0.05, 0.1) is 5.69 Å². The van der Waals surface area contributed by atoms with Gasteiger partial charge in [0.2, 0.25) is 10.0 Å². The molecule has 0 spiro atoms. The summed E-state index contributed by atoms with van der Waals surface area (Å²) in [5.74, 6) is 5.73. The fourth-order valence-electron chi connectivity index (χ4n) is 1.38. The number of hydrogen-bond acceptors (Lipinski definition) is 5. The molecule has 18 heavy (non-hydrogen) atoms. The second-order valence-electron chi connectivity index (χ2n) is 3.67. The van der Waals surface area contributed by atoms with Crippen molar-refractivity contribution < 1.29 is 12.6 Å². The lowest BCUT2D eigenvalue weighted by atomic mass is 10.3. The van der Waals surface area contributed by atoms with Crippen LogP contribution in [0.3, 0.4) is 0 Å². The Balaban J connectivity index is 2.71. The Bertz CT molecular complexity index is 517. The summed E-state index contributed by atoms with van der Waals surface area (Å²) in [5.41, 5.74) is 2.68. The fourth-order valence-corrected chi connectivity index (χ4v) is 3.17. The van der Waals surface area contributed by atoms with Crippen LogP contribution in [0.4, 0.5) is 5.69 Å². The molecule has 0 bridgehead atoms. The van der Waals surface area contributed by atoms with Crippen molar-refractivity contribution in [1.29, 1.82) is 0 Å². The molecule has 102 valence electrons. The van der Waals surface area contributed by atoms with E-state index in [4.69, 9.17) is 5.84 Å². The minimum absolute atomic E-state index is 0.102. The third-order valence-corrected chi connectivity index (χ3v) is 4.62. The lowest BCUT2D eigenvalue weighted by Crippen LogP contribution is -2.27. The Morgan fingerprint density at radius 3 is 2.61 bits per heavy atom. The first-order valence-corrected chi connectivity index (χ1v) is 8.54. The van der Waals surface area contributed by atoms with E-state index in [0.29, 0.717) is 17.9 Å². The molecule has 0 aromatic heterocycles. The van der Waals surface area contributed by atoms with E-state index in [0.717, 1.165) is 0 Å². The molecule has 0 radical (unpaired) electrons. The van der Waals surface area contributed by atoms with Crippen molar-refractivity contribution in [3.8, 4) is 0 Å². The van der Waals surface area contributed by atoms with Crippen LogP contribution in [0.25, 0.3) is 0 Å². The van der Waals surface area contributed by atoms with Crippen LogP contribution in [0.5, 0.6) is 0 Å². The Kier molecular flexibility index (Phi) is 5.73. The smallest absolute Gasteiger partial charge is 0.242 e. The van der Waals surface area contributed by atoms with E-state index in [-0.39, 0.29) is 11.4 Å². The Labute approximate surface area is 109 Å². The third-order valence-electron chi connectivity index (χ3n) is 2.23. The van der Waals surface area contributed by atoms with E-state index >= 15 is 0 Å². The number of hydrazine groups is 1. The zero-order chi connectivity index (χ0) is 13.6. The fraction of sp³-hybridized carbons (Fsp3) is 0.400. The van der Waals surface area contributed by atoms with Gasteiger partial charge in [-0.15, -0.1) is 0 Å². The first kappa shape index (κ1) is 15.1. The lowest BCUT2D eigenvalue weighted by molar-refractivity contribution is 0.581. The summed E-state index contributed by atoms with van der Waals surface area (Å²) in [4.78, 5) is 0.102. The van der Waals surface area contributed by atoms with Gasteiger partial charge in [-0.3, -0.25) is 10.1 Å². The van der Waals surface area contributed by atoms with E-state index in [1.54, 1.807) is 24.5 Å². The van der Waals surface area contributed by atoms with Crippen molar-refractivity contribution in [2.24, 2.45) is 5.84 Å². The standard InChI is InChI=1S/C10H17N3O3S2/c1-17(14)8-4-7-12-18(15,16)10-6-3-2-5-9(10)13-11/h2-3,5-6,12-13H,4,7-8,11H2,1H3. The van der Waals surface area contributed by atoms with Crippen molar-refractivity contribution >= 4 is 26.5 Å². The third kappa shape index (κ3) is 4.37.